The van der Waals surface area contributed by atoms with E-state index in [2.05, 4.69) is 15.3 Å². The molecule has 2 N–H and O–H groups in total. The van der Waals surface area contributed by atoms with Crippen LogP contribution < -0.4 is 5.73 Å². The van der Waals surface area contributed by atoms with Crippen molar-refractivity contribution in [1.29, 1.82) is 0 Å². The highest BCUT2D eigenvalue weighted by Crippen LogP contribution is 2.26. The fourth-order valence-electron chi connectivity index (χ4n) is 1.79. The first-order chi connectivity index (χ1) is 8.27. The first-order valence-electron chi connectivity index (χ1n) is 5.29. The molecular formula is C12H11N5. The van der Waals surface area contributed by atoms with Gasteiger partial charge < -0.3 is 5.73 Å². The molecule has 0 aliphatic rings. The van der Waals surface area contributed by atoms with Gasteiger partial charge in [-0.05, 0) is 30.7 Å². The van der Waals surface area contributed by atoms with Gasteiger partial charge in [-0.25, -0.2) is 0 Å². The van der Waals surface area contributed by atoms with E-state index in [1.165, 1.54) is 0 Å². The van der Waals surface area contributed by atoms with Crippen molar-refractivity contribution in [3.8, 4) is 11.4 Å². The van der Waals surface area contributed by atoms with Crippen molar-refractivity contribution < 1.29 is 0 Å². The average molecular weight is 225 g/mol. The zero-order valence-electron chi connectivity index (χ0n) is 9.33. The molecule has 2 aromatic heterocycles. The van der Waals surface area contributed by atoms with Crippen LogP contribution in [-0.2, 0) is 0 Å². The molecule has 0 saturated heterocycles. The van der Waals surface area contributed by atoms with E-state index in [4.69, 9.17) is 5.73 Å². The third-order valence-corrected chi connectivity index (χ3v) is 2.74. The lowest BCUT2D eigenvalue weighted by Gasteiger charge is -2.05. The van der Waals surface area contributed by atoms with Crippen LogP contribution in [0.5, 0.6) is 0 Å². The summed E-state index contributed by atoms with van der Waals surface area (Å²) in [5, 5.41) is 12.4. The number of aryl methyl sites for hydroxylation is 1. The first-order valence-corrected chi connectivity index (χ1v) is 5.29. The number of para-hydroxylation sites is 1. The van der Waals surface area contributed by atoms with Crippen LogP contribution in [0.4, 0.5) is 5.69 Å². The smallest absolute Gasteiger partial charge is 0.187 e. The first kappa shape index (κ1) is 9.77. The number of fused-ring (bicyclic) bond motifs is 1. The Labute approximate surface area is 97.9 Å². The number of nitrogens with two attached hydrogens (primary N) is 1. The number of nitrogen functional groups attached to an aromatic ring is 1. The van der Waals surface area contributed by atoms with Crippen molar-refractivity contribution in [1.82, 2.24) is 19.8 Å². The predicted octanol–water partition coefficient (Wildman–Crippen LogP) is 1.68. The van der Waals surface area contributed by atoms with E-state index in [0.717, 1.165) is 11.1 Å². The minimum atomic E-state index is 0.668. The molecule has 3 rings (SSSR count). The monoisotopic (exact) mass is 225 g/mol. The number of rotatable bonds is 1. The van der Waals surface area contributed by atoms with Gasteiger partial charge in [-0.2, -0.15) is 9.61 Å². The van der Waals surface area contributed by atoms with E-state index in [-0.39, 0.29) is 0 Å². The number of aromatic nitrogens is 4. The summed E-state index contributed by atoms with van der Waals surface area (Å²) in [6, 6.07) is 9.52. The lowest BCUT2D eigenvalue weighted by atomic mass is 10.1. The maximum Gasteiger partial charge on any atom is 0.187 e. The van der Waals surface area contributed by atoms with Gasteiger partial charge in [0.2, 0.25) is 0 Å². The summed E-state index contributed by atoms with van der Waals surface area (Å²) >= 11 is 0. The molecule has 84 valence electrons. The summed E-state index contributed by atoms with van der Waals surface area (Å²) in [6.07, 6.45) is 1.70. The molecule has 5 heteroatoms. The van der Waals surface area contributed by atoms with Gasteiger partial charge in [0.1, 0.15) is 0 Å². The fourth-order valence-corrected chi connectivity index (χ4v) is 1.79. The molecule has 0 atom stereocenters. The zero-order valence-corrected chi connectivity index (χ0v) is 9.33. The molecule has 5 nitrogen and oxygen atoms in total. The Morgan fingerprint density at radius 1 is 1.12 bits per heavy atom. The number of nitrogens with zero attached hydrogens (tertiary/aromatic N) is 4. The Hall–Kier alpha value is -2.43. The molecule has 3 aromatic rings. The zero-order chi connectivity index (χ0) is 11.8. The average Bonchev–Trinajstić information content (AvgIpc) is 2.77. The van der Waals surface area contributed by atoms with Gasteiger partial charge >= 0.3 is 0 Å². The third-order valence-electron chi connectivity index (χ3n) is 2.74. The minimum absolute atomic E-state index is 0.668. The molecule has 0 fully saturated rings. The van der Waals surface area contributed by atoms with Gasteiger partial charge in [0, 0.05) is 17.4 Å². The Bertz CT molecular complexity index is 686. The van der Waals surface area contributed by atoms with Crippen LogP contribution in [0.1, 0.15) is 5.56 Å². The quantitative estimate of drug-likeness (QED) is 0.640. The molecule has 0 spiro atoms. The number of hydrogen-bond acceptors (Lipinski definition) is 4. The second-order valence-corrected chi connectivity index (χ2v) is 3.85. The van der Waals surface area contributed by atoms with Gasteiger partial charge in [-0.15, -0.1) is 10.2 Å². The van der Waals surface area contributed by atoms with Crippen LogP contribution >= 0.6 is 0 Å². The van der Waals surface area contributed by atoms with Crippen LogP contribution in [0.2, 0.25) is 0 Å². The Morgan fingerprint density at radius 2 is 2.00 bits per heavy atom. The summed E-state index contributed by atoms with van der Waals surface area (Å²) in [5.41, 5.74) is 9.36. The highest BCUT2D eigenvalue weighted by molar-refractivity contribution is 5.75. The van der Waals surface area contributed by atoms with E-state index < -0.39 is 0 Å². The Balaban J connectivity index is 2.31. The highest BCUT2D eigenvalue weighted by atomic mass is 15.4. The van der Waals surface area contributed by atoms with E-state index in [0.29, 0.717) is 17.2 Å². The van der Waals surface area contributed by atoms with E-state index in [9.17, 15) is 0 Å². The molecule has 17 heavy (non-hydrogen) atoms. The van der Waals surface area contributed by atoms with Crippen molar-refractivity contribution >= 4 is 11.3 Å². The molecule has 1 aromatic carbocycles. The van der Waals surface area contributed by atoms with Crippen molar-refractivity contribution in [2.45, 2.75) is 6.92 Å². The normalized spacial score (nSPS) is 10.9. The fraction of sp³-hybridized carbons (Fsp3) is 0.0833. The second-order valence-electron chi connectivity index (χ2n) is 3.85. The molecule has 0 amide bonds. The van der Waals surface area contributed by atoms with Gasteiger partial charge in [0.15, 0.2) is 11.5 Å². The maximum absolute atomic E-state index is 6.06. The maximum atomic E-state index is 6.06. The molecule has 0 unspecified atom stereocenters. The molecule has 0 radical (unpaired) electrons. The Morgan fingerprint density at radius 3 is 2.88 bits per heavy atom. The van der Waals surface area contributed by atoms with Crippen molar-refractivity contribution in [3.63, 3.8) is 0 Å². The van der Waals surface area contributed by atoms with E-state index >= 15 is 0 Å². The van der Waals surface area contributed by atoms with E-state index in [1.807, 2.05) is 37.3 Å². The highest BCUT2D eigenvalue weighted by Gasteiger charge is 2.12. The number of benzene rings is 1. The van der Waals surface area contributed by atoms with Crippen molar-refractivity contribution in [2.75, 3.05) is 5.73 Å². The molecular weight excluding hydrogens is 214 g/mol. The van der Waals surface area contributed by atoms with Crippen LogP contribution in [0.25, 0.3) is 17.0 Å². The largest absolute Gasteiger partial charge is 0.398 e. The van der Waals surface area contributed by atoms with Crippen molar-refractivity contribution in [2.24, 2.45) is 0 Å². The van der Waals surface area contributed by atoms with Crippen molar-refractivity contribution in [3.05, 3.63) is 42.1 Å². The van der Waals surface area contributed by atoms with Crippen LogP contribution in [0.3, 0.4) is 0 Å². The number of anilines is 1. The molecule has 0 bridgehead atoms. The standard InChI is InChI=1S/C12H11N5/c1-8-4-2-5-9(11(8)13)12-16-15-10-6-3-7-14-17(10)12/h2-7H,13H2,1H3. The predicted molar refractivity (Wildman–Crippen MR) is 65.4 cm³/mol. The van der Waals surface area contributed by atoms with Gasteiger partial charge in [-0.3, -0.25) is 0 Å². The minimum Gasteiger partial charge on any atom is -0.398 e. The summed E-state index contributed by atoms with van der Waals surface area (Å²) in [5.74, 6) is 0.668. The SMILES string of the molecule is Cc1cccc(-c2nnc3cccnn23)c1N. The van der Waals surface area contributed by atoms with Crippen LogP contribution in [0, 0.1) is 6.92 Å². The molecule has 2 heterocycles. The molecule has 0 aliphatic heterocycles. The Kier molecular flexibility index (Phi) is 2.04. The van der Waals surface area contributed by atoms with E-state index in [1.54, 1.807) is 10.7 Å². The topological polar surface area (TPSA) is 69.1 Å². The van der Waals surface area contributed by atoms with Crippen LogP contribution in [-0.4, -0.2) is 19.8 Å². The summed E-state index contributed by atoms with van der Waals surface area (Å²) < 4.78 is 1.69. The second kappa shape index (κ2) is 3.55. The summed E-state index contributed by atoms with van der Waals surface area (Å²) in [6.45, 7) is 1.97. The molecule has 0 saturated carbocycles. The summed E-state index contributed by atoms with van der Waals surface area (Å²) in [7, 11) is 0. The summed E-state index contributed by atoms with van der Waals surface area (Å²) in [4.78, 5) is 0. The molecule has 0 aliphatic carbocycles. The van der Waals surface area contributed by atoms with Gasteiger partial charge in [0.05, 0.1) is 0 Å². The lowest BCUT2D eigenvalue weighted by Crippen LogP contribution is -1.98. The van der Waals surface area contributed by atoms with Crippen LogP contribution in [0.15, 0.2) is 36.5 Å². The number of hydrogen-bond donors (Lipinski definition) is 1. The third kappa shape index (κ3) is 1.44. The van der Waals surface area contributed by atoms with Gasteiger partial charge in [-0.1, -0.05) is 12.1 Å². The van der Waals surface area contributed by atoms with Gasteiger partial charge in [0.25, 0.3) is 0 Å². The lowest BCUT2D eigenvalue weighted by molar-refractivity contribution is 0.936.